The second-order valence-electron chi connectivity index (χ2n) is 10.2. The molecule has 8 heteroatoms. The molecule has 196 valence electrons. The van der Waals surface area contributed by atoms with Crippen molar-refractivity contribution in [2.24, 2.45) is 0 Å². The highest BCUT2D eigenvalue weighted by molar-refractivity contribution is 8.03. The Kier molecular flexibility index (Phi) is 14.5. The second-order valence-corrected chi connectivity index (χ2v) is 13.7. The first-order valence-electron chi connectivity index (χ1n) is 13.7. The molecule has 33 heavy (non-hydrogen) atoms. The molecule has 0 heterocycles. The van der Waals surface area contributed by atoms with E-state index < -0.39 is 37.5 Å². The summed E-state index contributed by atoms with van der Waals surface area (Å²) in [5.41, 5.74) is 0. The Morgan fingerprint density at radius 1 is 0.394 bits per heavy atom. The van der Waals surface area contributed by atoms with E-state index in [0.717, 1.165) is 51.4 Å². The number of hydrogen-bond donors (Lipinski definition) is 0. The Morgan fingerprint density at radius 2 is 0.606 bits per heavy atom. The van der Waals surface area contributed by atoms with E-state index in [0.29, 0.717) is 25.7 Å². The lowest BCUT2D eigenvalue weighted by Gasteiger charge is -2.20. The molecule has 0 aromatic rings. The Labute approximate surface area is 203 Å². The highest BCUT2D eigenvalue weighted by atomic mass is 32.3. The van der Waals surface area contributed by atoms with Crippen LogP contribution in [0.1, 0.15) is 141 Å². The average molecular weight is 509 g/mol. The van der Waals surface area contributed by atoms with Crippen LogP contribution in [0.4, 0.5) is 0 Å². The van der Waals surface area contributed by atoms with Crippen molar-refractivity contribution in [1.29, 1.82) is 0 Å². The van der Waals surface area contributed by atoms with Gasteiger partial charge in [-0.05, 0) is 25.7 Å². The van der Waals surface area contributed by atoms with Gasteiger partial charge in [-0.1, -0.05) is 116 Å². The van der Waals surface area contributed by atoms with Crippen LogP contribution < -0.4 is 0 Å². The molecule has 0 unspecified atom stereocenters. The summed E-state index contributed by atoms with van der Waals surface area (Å²) < 4.78 is 61.5. The molecule has 0 N–H and O–H groups in total. The molecule has 0 aromatic heterocycles. The minimum Gasteiger partial charge on any atom is -0.266 e. The third kappa shape index (κ3) is 14.7. The van der Waals surface area contributed by atoms with Gasteiger partial charge in [-0.3, -0.25) is 8.37 Å². The Morgan fingerprint density at radius 3 is 0.848 bits per heavy atom. The molecule has 0 saturated heterocycles. The van der Waals surface area contributed by atoms with E-state index in [1.165, 1.54) is 64.2 Å². The van der Waals surface area contributed by atoms with Crippen molar-refractivity contribution in [3.63, 3.8) is 0 Å². The number of hydrogen-bond acceptors (Lipinski definition) is 6. The Balaban J connectivity index is 1.88. The van der Waals surface area contributed by atoms with E-state index >= 15 is 0 Å². The molecular weight excluding hydrogens is 460 g/mol. The molecule has 0 aromatic carbocycles. The van der Waals surface area contributed by atoms with Crippen LogP contribution >= 0.6 is 0 Å². The van der Waals surface area contributed by atoms with Gasteiger partial charge in [0.15, 0.2) is 0 Å². The molecule has 0 bridgehead atoms. The first-order chi connectivity index (χ1) is 15.9. The van der Waals surface area contributed by atoms with Crippen LogP contribution in [0.5, 0.6) is 0 Å². The van der Waals surface area contributed by atoms with Crippen molar-refractivity contribution in [3.05, 3.63) is 0 Å². The third-order valence-corrected chi connectivity index (χ3v) is 10.4. The normalized spacial score (nSPS) is 23.5. The van der Waals surface area contributed by atoms with Crippen LogP contribution in [0.15, 0.2) is 0 Å². The van der Waals surface area contributed by atoms with Gasteiger partial charge in [0.2, 0.25) is 5.08 Å². The van der Waals surface area contributed by atoms with Crippen molar-refractivity contribution in [3.8, 4) is 0 Å². The zero-order valence-electron chi connectivity index (χ0n) is 20.7. The van der Waals surface area contributed by atoms with E-state index in [2.05, 4.69) is 0 Å². The SMILES string of the molecule is O=S(=O)(CS(=O)(=O)OC1CCCCCCCCCCC1)OC1CCCCCCCCCCC1. The molecule has 0 atom stereocenters. The summed E-state index contributed by atoms with van der Waals surface area (Å²) in [6.07, 6.45) is 22.0. The van der Waals surface area contributed by atoms with Crippen LogP contribution in [0, 0.1) is 0 Å². The fourth-order valence-electron chi connectivity index (χ4n) is 5.09. The lowest BCUT2D eigenvalue weighted by molar-refractivity contribution is 0.174. The fraction of sp³-hybridized carbons (Fsp3) is 1.00. The maximum atomic E-state index is 12.7. The highest BCUT2D eigenvalue weighted by Gasteiger charge is 2.29. The van der Waals surface area contributed by atoms with E-state index in [4.69, 9.17) is 8.37 Å². The predicted molar refractivity (Wildman–Crippen MR) is 134 cm³/mol. The van der Waals surface area contributed by atoms with Gasteiger partial charge in [0, 0.05) is 0 Å². The summed E-state index contributed by atoms with van der Waals surface area (Å²) in [6, 6.07) is 0. The van der Waals surface area contributed by atoms with Crippen molar-refractivity contribution < 1.29 is 25.2 Å². The van der Waals surface area contributed by atoms with Gasteiger partial charge >= 0.3 is 0 Å². The van der Waals surface area contributed by atoms with Crippen LogP contribution in [-0.2, 0) is 28.6 Å². The first kappa shape index (κ1) is 29.1. The molecule has 2 rings (SSSR count). The van der Waals surface area contributed by atoms with Gasteiger partial charge in [-0.15, -0.1) is 0 Å². The maximum Gasteiger partial charge on any atom is 0.284 e. The monoisotopic (exact) mass is 508 g/mol. The highest BCUT2D eigenvalue weighted by Crippen LogP contribution is 2.23. The van der Waals surface area contributed by atoms with Crippen molar-refractivity contribution in [2.75, 3.05) is 5.08 Å². The molecule has 0 radical (unpaired) electrons. The summed E-state index contributed by atoms with van der Waals surface area (Å²) in [6.45, 7) is 0. The summed E-state index contributed by atoms with van der Waals surface area (Å²) in [5, 5.41) is -1.08. The fourth-order valence-corrected chi connectivity index (χ4v) is 8.16. The molecule has 0 amide bonds. The van der Waals surface area contributed by atoms with Crippen LogP contribution in [0.3, 0.4) is 0 Å². The van der Waals surface area contributed by atoms with Gasteiger partial charge in [0.1, 0.15) is 0 Å². The summed E-state index contributed by atoms with van der Waals surface area (Å²) in [5.74, 6) is 0. The van der Waals surface area contributed by atoms with Crippen molar-refractivity contribution in [2.45, 2.75) is 153 Å². The van der Waals surface area contributed by atoms with Gasteiger partial charge < -0.3 is 0 Å². The molecule has 0 aliphatic heterocycles. The van der Waals surface area contributed by atoms with Crippen molar-refractivity contribution >= 4 is 20.2 Å². The Bertz CT molecular complexity index is 620. The van der Waals surface area contributed by atoms with E-state index in [1.807, 2.05) is 0 Å². The van der Waals surface area contributed by atoms with Crippen LogP contribution in [0.2, 0.25) is 0 Å². The predicted octanol–water partition coefficient (Wildman–Crippen LogP) is 6.98. The average Bonchev–Trinajstić information content (AvgIpc) is 2.71. The lowest BCUT2D eigenvalue weighted by atomic mass is 10.00. The number of rotatable bonds is 6. The largest absolute Gasteiger partial charge is 0.284 e. The minimum atomic E-state index is -4.21. The standard InChI is InChI=1S/C25H48O6S2/c26-32(27,30-24-19-15-11-7-3-1-4-8-12-16-20-24)23-33(28,29)31-25-21-17-13-9-5-2-6-10-14-18-22-25/h24-25H,1-23H2. The smallest absolute Gasteiger partial charge is 0.266 e. The molecule has 2 aliphatic carbocycles. The minimum absolute atomic E-state index is 0.425. The van der Waals surface area contributed by atoms with Crippen LogP contribution in [-0.4, -0.2) is 34.1 Å². The summed E-state index contributed by atoms with van der Waals surface area (Å²) >= 11 is 0. The topological polar surface area (TPSA) is 86.7 Å². The van der Waals surface area contributed by atoms with Crippen LogP contribution in [0.25, 0.3) is 0 Å². The quantitative estimate of drug-likeness (QED) is 0.360. The third-order valence-electron chi connectivity index (χ3n) is 6.96. The zero-order valence-corrected chi connectivity index (χ0v) is 22.3. The van der Waals surface area contributed by atoms with Gasteiger partial charge in [0.05, 0.1) is 12.2 Å². The van der Waals surface area contributed by atoms with E-state index in [1.54, 1.807) is 0 Å². The molecule has 6 nitrogen and oxygen atoms in total. The van der Waals surface area contributed by atoms with Gasteiger partial charge in [-0.2, -0.15) is 16.8 Å². The van der Waals surface area contributed by atoms with E-state index in [9.17, 15) is 16.8 Å². The van der Waals surface area contributed by atoms with E-state index in [-0.39, 0.29) is 0 Å². The van der Waals surface area contributed by atoms with Gasteiger partial charge in [-0.25, -0.2) is 0 Å². The van der Waals surface area contributed by atoms with Crippen molar-refractivity contribution in [1.82, 2.24) is 0 Å². The first-order valence-corrected chi connectivity index (χ1v) is 16.8. The molecule has 2 fully saturated rings. The molecular formula is C25H48O6S2. The molecule has 0 spiro atoms. The molecule has 2 aliphatic rings. The zero-order chi connectivity index (χ0) is 23.8. The maximum absolute atomic E-state index is 12.7. The lowest BCUT2D eigenvalue weighted by Crippen LogP contribution is -2.28. The summed E-state index contributed by atoms with van der Waals surface area (Å²) in [7, 11) is -8.42. The summed E-state index contributed by atoms with van der Waals surface area (Å²) in [4.78, 5) is 0. The Hall–Kier alpha value is -0.180. The molecule has 2 saturated carbocycles. The van der Waals surface area contributed by atoms with Gasteiger partial charge in [0.25, 0.3) is 20.2 Å². The second kappa shape index (κ2) is 16.5.